The molecule has 1 N–H and O–H groups in total. The third-order valence-electron chi connectivity index (χ3n) is 3.15. The molecule has 1 aromatic carbocycles. The zero-order valence-corrected chi connectivity index (χ0v) is 13.1. The van der Waals surface area contributed by atoms with E-state index in [2.05, 4.69) is 37.1 Å². The standard InChI is InChI=1S/C15H19ClN2S/c1-4-17-14(12-6-5-7-13(16)8-12)9-15-18-10(2)11(3)19-15/h5-8,14,17H,4,9H2,1-3H3. The van der Waals surface area contributed by atoms with Crippen molar-refractivity contribution in [3.05, 3.63) is 50.4 Å². The second kappa shape index (κ2) is 6.51. The molecule has 2 rings (SSSR count). The summed E-state index contributed by atoms with van der Waals surface area (Å²) in [5.74, 6) is 0. The first-order valence-corrected chi connectivity index (χ1v) is 7.71. The van der Waals surface area contributed by atoms with E-state index in [1.165, 1.54) is 15.4 Å². The molecule has 0 saturated carbocycles. The van der Waals surface area contributed by atoms with Crippen LogP contribution in [0.15, 0.2) is 24.3 Å². The van der Waals surface area contributed by atoms with E-state index in [4.69, 9.17) is 11.6 Å². The van der Waals surface area contributed by atoms with Crippen LogP contribution in [-0.4, -0.2) is 11.5 Å². The second-order valence-electron chi connectivity index (χ2n) is 4.62. The van der Waals surface area contributed by atoms with Crippen molar-refractivity contribution in [2.45, 2.75) is 33.2 Å². The average molecular weight is 295 g/mol. The summed E-state index contributed by atoms with van der Waals surface area (Å²) in [5.41, 5.74) is 2.36. The van der Waals surface area contributed by atoms with Crippen molar-refractivity contribution >= 4 is 22.9 Å². The maximum Gasteiger partial charge on any atom is 0.0949 e. The molecule has 19 heavy (non-hydrogen) atoms. The number of likely N-dealkylation sites (N-methyl/N-ethyl adjacent to an activating group) is 1. The van der Waals surface area contributed by atoms with Crippen LogP contribution in [0.25, 0.3) is 0 Å². The topological polar surface area (TPSA) is 24.9 Å². The van der Waals surface area contributed by atoms with Crippen molar-refractivity contribution < 1.29 is 0 Å². The molecule has 102 valence electrons. The summed E-state index contributed by atoms with van der Waals surface area (Å²) in [6, 6.07) is 8.33. The van der Waals surface area contributed by atoms with Gasteiger partial charge in [-0.05, 0) is 38.1 Å². The lowest BCUT2D eigenvalue weighted by atomic mass is 10.0. The van der Waals surface area contributed by atoms with Crippen LogP contribution in [0.5, 0.6) is 0 Å². The van der Waals surface area contributed by atoms with Gasteiger partial charge in [0.2, 0.25) is 0 Å². The Morgan fingerprint density at radius 2 is 2.16 bits per heavy atom. The van der Waals surface area contributed by atoms with Gasteiger partial charge in [0.05, 0.1) is 10.7 Å². The van der Waals surface area contributed by atoms with E-state index in [0.717, 1.165) is 23.7 Å². The number of aryl methyl sites for hydroxylation is 2. The van der Waals surface area contributed by atoms with Crippen LogP contribution < -0.4 is 5.32 Å². The molecule has 0 amide bonds. The molecule has 4 heteroatoms. The van der Waals surface area contributed by atoms with Crippen LogP contribution in [0.1, 0.15) is 34.1 Å². The lowest BCUT2D eigenvalue weighted by molar-refractivity contribution is 0.548. The molecule has 0 spiro atoms. The number of halogens is 1. The maximum absolute atomic E-state index is 6.08. The number of hydrogen-bond donors (Lipinski definition) is 1. The van der Waals surface area contributed by atoms with Gasteiger partial charge in [0.1, 0.15) is 0 Å². The van der Waals surface area contributed by atoms with Gasteiger partial charge in [0.15, 0.2) is 0 Å². The molecule has 0 radical (unpaired) electrons. The number of rotatable bonds is 5. The molecule has 0 aliphatic heterocycles. The highest BCUT2D eigenvalue weighted by Gasteiger charge is 2.14. The first-order valence-electron chi connectivity index (χ1n) is 6.52. The zero-order chi connectivity index (χ0) is 13.8. The number of benzene rings is 1. The Bertz CT molecular complexity index is 531. The lowest BCUT2D eigenvalue weighted by Crippen LogP contribution is -2.22. The van der Waals surface area contributed by atoms with Crippen LogP contribution in [0.2, 0.25) is 5.02 Å². The molecule has 0 saturated heterocycles. The highest BCUT2D eigenvalue weighted by molar-refractivity contribution is 7.11. The van der Waals surface area contributed by atoms with Gasteiger partial charge >= 0.3 is 0 Å². The van der Waals surface area contributed by atoms with Crippen molar-refractivity contribution in [1.29, 1.82) is 0 Å². The molecule has 2 aromatic rings. The van der Waals surface area contributed by atoms with Gasteiger partial charge in [0.25, 0.3) is 0 Å². The minimum absolute atomic E-state index is 0.272. The van der Waals surface area contributed by atoms with Gasteiger partial charge in [-0.15, -0.1) is 11.3 Å². The van der Waals surface area contributed by atoms with Crippen molar-refractivity contribution in [3.63, 3.8) is 0 Å². The predicted molar refractivity (Wildman–Crippen MR) is 83.2 cm³/mol. The van der Waals surface area contributed by atoms with E-state index in [-0.39, 0.29) is 6.04 Å². The summed E-state index contributed by atoms with van der Waals surface area (Å²) in [4.78, 5) is 5.93. The fourth-order valence-electron chi connectivity index (χ4n) is 2.08. The highest BCUT2D eigenvalue weighted by atomic mass is 35.5. The van der Waals surface area contributed by atoms with E-state index < -0.39 is 0 Å². The van der Waals surface area contributed by atoms with Crippen LogP contribution >= 0.6 is 22.9 Å². The van der Waals surface area contributed by atoms with Crippen LogP contribution in [0, 0.1) is 13.8 Å². The van der Waals surface area contributed by atoms with Crippen molar-refractivity contribution in [2.75, 3.05) is 6.54 Å². The summed E-state index contributed by atoms with van der Waals surface area (Å²) >= 11 is 7.86. The van der Waals surface area contributed by atoms with Gasteiger partial charge in [-0.3, -0.25) is 0 Å². The first kappa shape index (κ1) is 14.5. The molecule has 1 aromatic heterocycles. The number of aromatic nitrogens is 1. The Kier molecular flexibility index (Phi) is 4.97. The molecule has 0 fully saturated rings. The summed E-state index contributed by atoms with van der Waals surface area (Å²) < 4.78 is 0. The van der Waals surface area contributed by atoms with Crippen LogP contribution in [-0.2, 0) is 6.42 Å². The van der Waals surface area contributed by atoms with Crippen molar-refractivity contribution in [2.24, 2.45) is 0 Å². The van der Waals surface area contributed by atoms with E-state index in [1.54, 1.807) is 11.3 Å². The van der Waals surface area contributed by atoms with E-state index in [9.17, 15) is 0 Å². The fourth-order valence-corrected chi connectivity index (χ4v) is 3.26. The van der Waals surface area contributed by atoms with Crippen LogP contribution in [0.4, 0.5) is 0 Å². The molecule has 2 nitrogen and oxygen atoms in total. The number of nitrogens with zero attached hydrogens (tertiary/aromatic N) is 1. The largest absolute Gasteiger partial charge is 0.310 e. The Labute approximate surface area is 123 Å². The number of hydrogen-bond acceptors (Lipinski definition) is 3. The molecular formula is C15H19ClN2S. The first-order chi connectivity index (χ1) is 9.10. The predicted octanol–water partition coefficient (Wildman–Crippen LogP) is 4.31. The SMILES string of the molecule is CCNC(Cc1nc(C)c(C)s1)c1cccc(Cl)c1. The van der Waals surface area contributed by atoms with Crippen LogP contribution in [0.3, 0.4) is 0 Å². The number of thiazole rings is 1. The molecular weight excluding hydrogens is 276 g/mol. The summed E-state index contributed by atoms with van der Waals surface area (Å²) in [5, 5.41) is 5.48. The average Bonchev–Trinajstić information content (AvgIpc) is 2.68. The molecule has 0 bridgehead atoms. The molecule has 0 aliphatic carbocycles. The molecule has 0 aliphatic rings. The minimum Gasteiger partial charge on any atom is -0.310 e. The van der Waals surface area contributed by atoms with Crippen molar-refractivity contribution in [1.82, 2.24) is 10.3 Å². The van der Waals surface area contributed by atoms with Gasteiger partial charge in [-0.2, -0.15) is 0 Å². The Balaban J connectivity index is 2.20. The Morgan fingerprint density at radius 3 is 2.74 bits per heavy atom. The van der Waals surface area contributed by atoms with Crippen molar-refractivity contribution in [3.8, 4) is 0 Å². The Hall–Kier alpha value is -0.900. The van der Waals surface area contributed by atoms with E-state index in [1.807, 2.05) is 18.2 Å². The maximum atomic E-state index is 6.08. The molecule has 1 atom stereocenters. The normalized spacial score (nSPS) is 12.6. The Morgan fingerprint density at radius 1 is 1.37 bits per heavy atom. The molecule has 1 unspecified atom stereocenters. The molecule has 1 heterocycles. The van der Waals surface area contributed by atoms with E-state index in [0.29, 0.717) is 0 Å². The number of nitrogens with one attached hydrogen (secondary N) is 1. The smallest absolute Gasteiger partial charge is 0.0949 e. The minimum atomic E-state index is 0.272. The monoisotopic (exact) mass is 294 g/mol. The summed E-state index contributed by atoms with van der Waals surface area (Å²) in [6.07, 6.45) is 0.910. The fraction of sp³-hybridized carbons (Fsp3) is 0.400. The van der Waals surface area contributed by atoms with Gasteiger partial charge < -0.3 is 5.32 Å². The summed E-state index contributed by atoms with van der Waals surface area (Å²) in [7, 11) is 0. The second-order valence-corrected chi connectivity index (χ2v) is 6.34. The highest BCUT2D eigenvalue weighted by Crippen LogP contribution is 2.25. The van der Waals surface area contributed by atoms with E-state index >= 15 is 0 Å². The quantitative estimate of drug-likeness (QED) is 0.889. The van der Waals surface area contributed by atoms with Gasteiger partial charge in [-0.25, -0.2) is 4.98 Å². The van der Waals surface area contributed by atoms with Gasteiger partial charge in [0, 0.05) is 22.4 Å². The zero-order valence-electron chi connectivity index (χ0n) is 11.5. The van der Waals surface area contributed by atoms with Gasteiger partial charge in [-0.1, -0.05) is 30.7 Å². The summed E-state index contributed by atoms with van der Waals surface area (Å²) in [6.45, 7) is 7.24. The lowest BCUT2D eigenvalue weighted by Gasteiger charge is -2.17. The third kappa shape index (κ3) is 3.78. The third-order valence-corrected chi connectivity index (χ3v) is 4.48.